The van der Waals surface area contributed by atoms with Crippen LogP contribution in [0.4, 0.5) is 11.4 Å². The summed E-state index contributed by atoms with van der Waals surface area (Å²) in [6, 6.07) is 11.0. The second kappa shape index (κ2) is 9.04. The van der Waals surface area contributed by atoms with E-state index in [0.717, 1.165) is 43.9 Å². The Kier molecular flexibility index (Phi) is 6.22. The van der Waals surface area contributed by atoms with E-state index in [9.17, 15) is 4.79 Å². The molecular weight excluding hydrogens is 402 g/mol. The van der Waals surface area contributed by atoms with Crippen molar-refractivity contribution in [1.82, 2.24) is 9.80 Å². The van der Waals surface area contributed by atoms with E-state index in [1.165, 1.54) is 0 Å². The zero-order valence-electron chi connectivity index (χ0n) is 17.0. The maximum atomic E-state index is 12.2. The molecule has 158 valence electrons. The van der Waals surface area contributed by atoms with Crippen LogP contribution in [0.25, 0.3) is 0 Å². The highest BCUT2D eigenvalue weighted by Gasteiger charge is 2.22. The molecule has 3 N–H and O–H groups in total. The first-order chi connectivity index (χ1) is 14.5. The van der Waals surface area contributed by atoms with Crippen molar-refractivity contribution in [1.29, 1.82) is 0 Å². The zero-order chi connectivity index (χ0) is 21.1. The van der Waals surface area contributed by atoms with Gasteiger partial charge in [0.05, 0.1) is 17.1 Å². The lowest BCUT2D eigenvalue weighted by molar-refractivity contribution is -0.114. The maximum absolute atomic E-state index is 12.2. The summed E-state index contributed by atoms with van der Waals surface area (Å²) in [5.41, 5.74) is 9.57. The number of ether oxygens (including phenoxy) is 1. The number of nitrogens with one attached hydrogen (secondary N) is 1. The fourth-order valence-electron chi connectivity index (χ4n) is 3.69. The number of anilines is 2. The number of nitrogen functional groups attached to an aromatic ring is 1. The van der Waals surface area contributed by atoms with Gasteiger partial charge in [-0.3, -0.25) is 14.7 Å². The van der Waals surface area contributed by atoms with E-state index in [0.29, 0.717) is 34.5 Å². The Labute approximate surface area is 181 Å². The van der Waals surface area contributed by atoms with E-state index < -0.39 is 0 Å². The summed E-state index contributed by atoms with van der Waals surface area (Å²) in [4.78, 5) is 21.4. The van der Waals surface area contributed by atoms with Gasteiger partial charge in [-0.25, -0.2) is 0 Å². The van der Waals surface area contributed by atoms with Crippen LogP contribution in [0.2, 0.25) is 5.02 Å². The summed E-state index contributed by atoms with van der Waals surface area (Å²) < 4.78 is 5.98. The number of hydrogen-bond donors (Lipinski definition) is 2. The van der Waals surface area contributed by atoms with Gasteiger partial charge in [-0.1, -0.05) is 29.8 Å². The van der Waals surface area contributed by atoms with Crippen molar-refractivity contribution in [2.24, 2.45) is 4.99 Å². The number of benzodiazepines with no additional fused rings is 1. The number of nitrogens with zero attached hydrogens (tertiary/aromatic N) is 3. The molecule has 0 radical (unpaired) electrons. The molecule has 4 rings (SSSR count). The number of nitrogens with two attached hydrogens (primary N) is 1. The van der Waals surface area contributed by atoms with Crippen LogP contribution in [0.1, 0.15) is 11.1 Å². The number of rotatable bonds is 5. The predicted molar refractivity (Wildman–Crippen MR) is 121 cm³/mol. The number of aliphatic imine (C=N–C) groups is 1. The molecule has 2 heterocycles. The second-order valence-electron chi connectivity index (χ2n) is 7.62. The van der Waals surface area contributed by atoms with Gasteiger partial charge in [0.1, 0.15) is 18.9 Å². The van der Waals surface area contributed by atoms with Gasteiger partial charge in [-0.2, -0.15) is 0 Å². The van der Waals surface area contributed by atoms with Crippen molar-refractivity contribution >= 4 is 34.6 Å². The Bertz CT molecular complexity index is 970. The molecule has 1 saturated heterocycles. The van der Waals surface area contributed by atoms with E-state index in [-0.39, 0.29) is 12.5 Å². The lowest BCUT2D eigenvalue weighted by atomic mass is 9.99. The minimum atomic E-state index is -0.188. The van der Waals surface area contributed by atoms with Crippen molar-refractivity contribution in [2.75, 3.05) is 64.0 Å². The molecule has 0 saturated carbocycles. The van der Waals surface area contributed by atoms with Crippen molar-refractivity contribution in [3.63, 3.8) is 0 Å². The number of carbonyl (C=O) groups excluding carboxylic acids is 1. The van der Waals surface area contributed by atoms with Crippen LogP contribution in [0.3, 0.4) is 0 Å². The molecule has 0 aromatic heterocycles. The Balaban J connectivity index is 1.55. The quantitative estimate of drug-likeness (QED) is 0.715. The normalized spacial score (nSPS) is 17.7. The summed E-state index contributed by atoms with van der Waals surface area (Å²) in [5.74, 6) is 0.370. The van der Waals surface area contributed by atoms with E-state index in [2.05, 4.69) is 27.2 Å². The fourth-order valence-corrected chi connectivity index (χ4v) is 3.91. The predicted octanol–water partition coefficient (Wildman–Crippen LogP) is 2.34. The number of fused-ring (bicyclic) bond motifs is 1. The van der Waals surface area contributed by atoms with Gasteiger partial charge < -0.3 is 20.7 Å². The minimum absolute atomic E-state index is 0.0226. The fraction of sp³-hybridized carbons (Fsp3) is 0.364. The number of halogens is 1. The Morgan fingerprint density at radius 1 is 1.17 bits per heavy atom. The molecule has 30 heavy (non-hydrogen) atoms. The van der Waals surface area contributed by atoms with E-state index >= 15 is 0 Å². The van der Waals surface area contributed by atoms with Crippen molar-refractivity contribution < 1.29 is 9.53 Å². The molecule has 0 unspecified atom stereocenters. The number of likely N-dealkylation sites (N-methyl/N-ethyl adjacent to an activating group) is 1. The molecule has 2 aliphatic rings. The van der Waals surface area contributed by atoms with Crippen LogP contribution >= 0.6 is 11.6 Å². The van der Waals surface area contributed by atoms with Crippen LogP contribution in [0.15, 0.2) is 41.4 Å². The van der Waals surface area contributed by atoms with Gasteiger partial charge in [0.15, 0.2) is 0 Å². The topological polar surface area (TPSA) is 83.2 Å². The number of benzene rings is 2. The number of hydrogen-bond acceptors (Lipinski definition) is 6. The molecule has 2 aliphatic heterocycles. The van der Waals surface area contributed by atoms with Crippen molar-refractivity contribution in [3.8, 4) is 5.75 Å². The molecule has 0 spiro atoms. The standard InChI is InChI=1S/C22H26ClN5O2/c1-27-6-8-28(9-7-27)10-11-30-20-13-19-16(12-18(20)24)22(25-14-21(29)26-19)15-4-2-3-5-17(15)23/h2-5,12-13H,6-11,14,24H2,1H3,(H,26,29). The molecule has 7 nitrogen and oxygen atoms in total. The van der Waals surface area contributed by atoms with Gasteiger partial charge >= 0.3 is 0 Å². The van der Waals surface area contributed by atoms with Gasteiger partial charge in [0, 0.05) is 54.9 Å². The van der Waals surface area contributed by atoms with Crippen molar-refractivity contribution in [3.05, 3.63) is 52.5 Å². The lowest BCUT2D eigenvalue weighted by Crippen LogP contribution is -2.45. The summed E-state index contributed by atoms with van der Waals surface area (Å²) in [6.07, 6.45) is 0. The molecule has 0 aliphatic carbocycles. The Morgan fingerprint density at radius 3 is 2.70 bits per heavy atom. The molecular formula is C22H26ClN5O2. The first-order valence-electron chi connectivity index (χ1n) is 10.1. The number of amides is 1. The Hall–Kier alpha value is -2.61. The van der Waals surface area contributed by atoms with Crippen LogP contribution in [0.5, 0.6) is 5.75 Å². The van der Waals surface area contributed by atoms with Gasteiger partial charge in [-0.05, 0) is 19.2 Å². The minimum Gasteiger partial charge on any atom is -0.490 e. The summed E-state index contributed by atoms with van der Waals surface area (Å²) in [7, 11) is 2.14. The lowest BCUT2D eigenvalue weighted by Gasteiger charge is -2.32. The van der Waals surface area contributed by atoms with E-state index in [1.807, 2.05) is 18.2 Å². The first kappa shape index (κ1) is 20.7. The summed E-state index contributed by atoms with van der Waals surface area (Å²) in [6.45, 7) is 5.60. The summed E-state index contributed by atoms with van der Waals surface area (Å²) >= 11 is 6.39. The van der Waals surface area contributed by atoms with Crippen LogP contribution in [0, 0.1) is 0 Å². The zero-order valence-corrected chi connectivity index (χ0v) is 17.8. The molecule has 0 atom stereocenters. The van der Waals surface area contributed by atoms with Crippen LogP contribution < -0.4 is 15.8 Å². The molecule has 8 heteroatoms. The molecule has 0 bridgehead atoms. The van der Waals surface area contributed by atoms with Gasteiger partial charge in [-0.15, -0.1) is 0 Å². The maximum Gasteiger partial charge on any atom is 0.246 e. The highest BCUT2D eigenvalue weighted by molar-refractivity contribution is 6.36. The van der Waals surface area contributed by atoms with Gasteiger partial charge in [0.25, 0.3) is 0 Å². The molecule has 2 aromatic carbocycles. The third kappa shape index (κ3) is 4.59. The molecule has 1 fully saturated rings. The highest BCUT2D eigenvalue weighted by atomic mass is 35.5. The van der Waals surface area contributed by atoms with E-state index in [4.69, 9.17) is 22.1 Å². The third-order valence-electron chi connectivity index (χ3n) is 5.45. The first-order valence-corrected chi connectivity index (χ1v) is 10.5. The number of carbonyl (C=O) groups is 1. The van der Waals surface area contributed by atoms with Crippen LogP contribution in [-0.2, 0) is 4.79 Å². The second-order valence-corrected chi connectivity index (χ2v) is 8.03. The molecule has 2 aromatic rings. The van der Waals surface area contributed by atoms with Gasteiger partial charge in [0.2, 0.25) is 5.91 Å². The highest BCUT2D eigenvalue weighted by Crippen LogP contribution is 2.33. The number of piperazine rings is 1. The van der Waals surface area contributed by atoms with E-state index in [1.54, 1.807) is 18.2 Å². The average Bonchev–Trinajstić information content (AvgIpc) is 2.88. The van der Waals surface area contributed by atoms with Crippen LogP contribution in [-0.4, -0.2) is 74.3 Å². The smallest absolute Gasteiger partial charge is 0.246 e. The molecule has 1 amide bonds. The monoisotopic (exact) mass is 427 g/mol. The average molecular weight is 428 g/mol. The summed E-state index contributed by atoms with van der Waals surface area (Å²) in [5, 5.41) is 3.48. The SMILES string of the molecule is CN1CCN(CCOc2cc3c(cc2N)C(c2ccccc2Cl)=NCC(=O)N3)CC1. The third-order valence-corrected chi connectivity index (χ3v) is 5.78. The largest absolute Gasteiger partial charge is 0.490 e. The van der Waals surface area contributed by atoms with Crippen molar-refractivity contribution in [2.45, 2.75) is 0 Å². The Morgan fingerprint density at radius 2 is 1.93 bits per heavy atom.